The largest absolute Gasteiger partial charge is 0.271 e. The van der Waals surface area contributed by atoms with Crippen molar-refractivity contribution in [3.63, 3.8) is 0 Å². The molecular formula is C11H10FIN2. The van der Waals surface area contributed by atoms with E-state index in [-0.39, 0.29) is 5.82 Å². The van der Waals surface area contributed by atoms with E-state index in [9.17, 15) is 4.39 Å². The number of fused-ring (bicyclic) bond motifs is 1. The predicted octanol–water partition coefficient (Wildman–Crippen LogP) is 3.19. The first-order chi connectivity index (χ1) is 7.22. The Bertz CT molecular complexity index is 517. The van der Waals surface area contributed by atoms with E-state index >= 15 is 0 Å². The fraction of sp³-hybridized carbons (Fsp3) is 0.364. The highest BCUT2D eigenvalue weighted by Gasteiger charge is 2.22. The van der Waals surface area contributed by atoms with Gasteiger partial charge in [-0.15, -0.1) is 0 Å². The lowest BCUT2D eigenvalue weighted by atomic mass is 10.2. The number of hydrogen-bond donors (Lipinski definition) is 0. The van der Waals surface area contributed by atoms with Crippen molar-refractivity contribution in [1.82, 2.24) is 9.78 Å². The summed E-state index contributed by atoms with van der Waals surface area (Å²) in [5.41, 5.74) is 0.764. The van der Waals surface area contributed by atoms with Crippen LogP contribution in [-0.4, -0.2) is 9.78 Å². The maximum atomic E-state index is 13.6. The molecule has 0 amide bonds. The first-order valence-electron chi connectivity index (χ1n) is 5.04. The third-order valence-corrected chi connectivity index (χ3v) is 3.35. The van der Waals surface area contributed by atoms with Crippen LogP contribution in [0.2, 0.25) is 0 Å². The molecule has 1 aliphatic rings. The second-order valence-corrected chi connectivity index (χ2v) is 5.36. The topological polar surface area (TPSA) is 17.8 Å². The van der Waals surface area contributed by atoms with Crippen molar-refractivity contribution < 1.29 is 4.39 Å². The van der Waals surface area contributed by atoms with Gasteiger partial charge in [0.2, 0.25) is 0 Å². The summed E-state index contributed by atoms with van der Waals surface area (Å²) >= 11 is 2.11. The first-order valence-corrected chi connectivity index (χ1v) is 6.12. The second kappa shape index (κ2) is 3.43. The third-order valence-electron chi connectivity index (χ3n) is 2.73. The SMILES string of the molecule is Fc1cc(I)cc2nn(CC3CC3)cc12. The molecule has 2 nitrogen and oxygen atoms in total. The summed E-state index contributed by atoms with van der Waals surface area (Å²) in [6, 6.07) is 3.47. The summed E-state index contributed by atoms with van der Waals surface area (Å²) in [4.78, 5) is 0. The Hall–Kier alpha value is -0.650. The quantitative estimate of drug-likeness (QED) is 0.778. The van der Waals surface area contributed by atoms with Gasteiger partial charge in [0, 0.05) is 16.3 Å². The minimum atomic E-state index is -0.168. The first kappa shape index (κ1) is 9.57. The summed E-state index contributed by atoms with van der Waals surface area (Å²) in [6.45, 7) is 0.935. The summed E-state index contributed by atoms with van der Waals surface area (Å²) in [7, 11) is 0. The van der Waals surface area contributed by atoms with Crippen molar-refractivity contribution in [2.75, 3.05) is 0 Å². The summed E-state index contributed by atoms with van der Waals surface area (Å²) in [5, 5.41) is 5.02. The molecule has 0 saturated heterocycles. The Balaban J connectivity index is 2.07. The van der Waals surface area contributed by atoms with Crippen LogP contribution >= 0.6 is 22.6 Å². The number of rotatable bonds is 2. The van der Waals surface area contributed by atoms with Gasteiger partial charge in [0.25, 0.3) is 0 Å². The van der Waals surface area contributed by atoms with Gasteiger partial charge in [-0.2, -0.15) is 5.10 Å². The molecule has 15 heavy (non-hydrogen) atoms. The minimum Gasteiger partial charge on any atom is -0.271 e. The summed E-state index contributed by atoms with van der Waals surface area (Å²) in [5.74, 6) is 0.598. The molecule has 0 spiro atoms. The van der Waals surface area contributed by atoms with E-state index in [1.165, 1.54) is 12.8 Å². The molecule has 0 atom stereocenters. The van der Waals surface area contributed by atoms with Gasteiger partial charge < -0.3 is 0 Å². The van der Waals surface area contributed by atoms with E-state index < -0.39 is 0 Å². The number of hydrogen-bond acceptors (Lipinski definition) is 1. The van der Waals surface area contributed by atoms with E-state index in [1.807, 2.05) is 16.9 Å². The van der Waals surface area contributed by atoms with Crippen molar-refractivity contribution in [2.24, 2.45) is 5.92 Å². The highest BCUT2D eigenvalue weighted by molar-refractivity contribution is 14.1. The molecule has 1 saturated carbocycles. The molecule has 1 fully saturated rings. The summed E-state index contributed by atoms with van der Waals surface area (Å²) < 4.78 is 16.3. The van der Waals surface area contributed by atoms with Crippen LogP contribution in [-0.2, 0) is 6.54 Å². The standard InChI is InChI=1S/C11H10FIN2/c12-10-3-8(13)4-11-9(10)6-15(14-11)5-7-1-2-7/h3-4,6-7H,1-2,5H2. The van der Waals surface area contributed by atoms with E-state index in [2.05, 4.69) is 27.7 Å². The zero-order valence-corrected chi connectivity index (χ0v) is 10.2. The van der Waals surface area contributed by atoms with Gasteiger partial charge >= 0.3 is 0 Å². The molecule has 0 aliphatic heterocycles. The van der Waals surface area contributed by atoms with Gasteiger partial charge in [-0.05, 0) is 53.5 Å². The van der Waals surface area contributed by atoms with Crippen molar-refractivity contribution in [3.8, 4) is 0 Å². The van der Waals surface area contributed by atoms with Crippen LogP contribution in [0, 0.1) is 15.3 Å². The Morgan fingerprint density at radius 1 is 1.47 bits per heavy atom. The molecule has 1 aromatic heterocycles. The summed E-state index contributed by atoms with van der Waals surface area (Å²) in [6.07, 6.45) is 4.39. The van der Waals surface area contributed by atoms with Crippen molar-refractivity contribution in [2.45, 2.75) is 19.4 Å². The van der Waals surface area contributed by atoms with Gasteiger partial charge in [-0.25, -0.2) is 4.39 Å². The molecule has 2 aromatic rings. The van der Waals surface area contributed by atoms with Gasteiger partial charge in [0.15, 0.2) is 0 Å². The van der Waals surface area contributed by atoms with Crippen molar-refractivity contribution in [1.29, 1.82) is 0 Å². The maximum Gasteiger partial charge on any atom is 0.135 e. The molecule has 0 bridgehead atoms. The van der Waals surface area contributed by atoms with Crippen LogP contribution in [0.5, 0.6) is 0 Å². The fourth-order valence-corrected chi connectivity index (χ4v) is 2.32. The lowest BCUT2D eigenvalue weighted by Gasteiger charge is -1.95. The van der Waals surface area contributed by atoms with Crippen LogP contribution in [0.3, 0.4) is 0 Å². The molecule has 0 N–H and O–H groups in total. The maximum absolute atomic E-state index is 13.6. The van der Waals surface area contributed by atoms with Crippen LogP contribution in [0.25, 0.3) is 10.9 Å². The molecule has 0 radical (unpaired) electrons. The van der Waals surface area contributed by atoms with Gasteiger partial charge in [-0.3, -0.25) is 4.68 Å². The zero-order valence-electron chi connectivity index (χ0n) is 8.08. The molecule has 1 aliphatic carbocycles. The normalized spacial score (nSPS) is 16.1. The molecule has 78 valence electrons. The number of benzene rings is 1. The smallest absolute Gasteiger partial charge is 0.135 e. The van der Waals surface area contributed by atoms with E-state index in [1.54, 1.807) is 6.07 Å². The third kappa shape index (κ3) is 1.87. The Morgan fingerprint density at radius 2 is 2.27 bits per heavy atom. The number of nitrogens with zero attached hydrogens (tertiary/aromatic N) is 2. The molecule has 4 heteroatoms. The van der Waals surface area contributed by atoms with Crippen molar-refractivity contribution in [3.05, 3.63) is 27.7 Å². The second-order valence-electron chi connectivity index (χ2n) is 4.11. The average Bonchev–Trinajstić information content (AvgIpc) is 2.85. The van der Waals surface area contributed by atoms with E-state index in [0.29, 0.717) is 5.39 Å². The lowest BCUT2D eigenvalue weighted by Crippen LogP contribution is -1.99. The molecule has 0 unspecified atom stereocenters. The number of halogens is 2. The van der Waals surface area contributed by atoms with E-state index in [0.717, 1.165) is 21.5 Å². The average molecular weight is 316 g/mol. The van der Waals surface area contributed by atoms with Gasteiger partial charge in [0.05, 0.1) is 10.9 Å². The minimum absolute atomic E-state index is 0.168. The Kier molecular flexibility index (Phi) is 2.19. The fourth-order valence-electron chi connectivity index (χ4n) is 1.76. The van der Waals surface area contributed by atoms with Crippen LogP contribution in [0.4, 0.5) is 4.39 Å². The molecule has 1 heterocycles. The highest BCUT2D eigenvalue weighted by atomic mass is 127. The highest BCUT2D eigenvalue weighted by Crippen LogP contribution is 2.31. The molecule has 1 aromatic carbocycles. The molecule has 3 rings (SSSR count). The van der Waals surface area contributed by atoms with E-state index in [4.69, 9.17) is 0 Å². The van der Waals surface area contributed by atoms with Crippen molar-refractivity contribution >= 4 is 33.5 Å². The van der Waals surface area contributed by atoms with Crippen LogP contribution in [0.15, 0.2) is 18.3 Å². The lowest BCUT2D eigenvalue weighted by molar-refractivity contribution is 0.567. The van der Waals surface area contributed by atoms with Crippen LogP contribution < -0.4 is 0 Å². The Morgan fingerprint density at radius 3 is 3.00 bits per heavy atom. The molecular weight excluding hydrogens is 306 g/mol. The zero-order chi connectivity index (χ0) is 10.4. The van der Waals surface area contributed by atoms with Gasteiger partial charge in [0.1, 0.15) is 5.82 Å². The number of aromatic nitrogens is 2. The Labute approximate surface area is 101 Å². The predicted molar refractivity (Wildman–Crippen MR) is 65.1 cm³/mol. The monoisotopic (exact) mass is 316 g/mol. The van der Waals surface area contributed by atoms with Crippen LogP contribution in [0.1, 0.15) is 12.8 Å². The van der Waals surface area contributed by atoms with Gasteiger partial charge in [-0.1, -0.05) is 0 Å².